The van der Waals surface area contributed by atoms with E-state index in [0.717, 1.165) is 30.7 Å². The van der Waals surface area contributed by atoms with Gasteiger partial charge in [-0.05, 0) is 38.7 Å². The fourth-order valence-corrected chi connectivity index (χ4v) is 1.94. The van der Waals surface area contributed by atoms with E-state index in [9.17, 15) is 4.79 Å². The number of hydrogen-bond donors (Lipinski definition) is 2. The van der Waals surface area contributed by atoms with E-state index in [2.05, 4.69) is 15.3 Å². The molecule has 1 unspecified atom stereocenters. The molecule has 2 rings (SSSR count). The van der Waals surface area contributed by atoms with Crippen molar-refractivity contribution in [1.29, 1.82) is 0 Å². The molecule has 1 heterocycles. The molecule has 0 fully saturated rings. The van der Waals surface area contributed by atoms with Gasteiger partial charge < -0.3 is 10.4 Å². The Morgan fingerprint density at radius 2 is 2.19 bits per heavy atom. The molecule has 1 aromatic heterocycles. The van der Waals surface area contributed by atoms with E-state index in [-0.39, 0.29) is 0 Å². The van der Waals surface area contributed by atoms with Crippen LogP contribution in [0.15, 0.2) is 0 Å². The maximum atomic E-state index is 10.7. The van der Waals surface area contributed by atoms with Crippen molar-refractivity contribution in [2.24, 2.45) is 0 Å². The van der Waals surface area contributed by atoms with E-state index in [1.54, 1.807) is 6.92 Å². The van der Waals surface area contributed by atoms with Gasteiger partial charge in [0.2, 0.25) is 5.95 Å². The SMILES string of the molecule is Cc1nc(NC(C)C(=O)O)nc2c1CCC2. The molecule has 2 N–H and O–H groups in total. The van der Waals surface area contributed by atoms with Crippen molar-refractivity contribution in [2.45, 2.75) is 39.2 Å². The van der Waals surface area contributed by atoms with E-state index in [4.69, 9.17) is 5.11 Å². The first-order valence-corrected chi connectivity index (χ1v) is 5.43. The van der Waals surface area contributed by atoms with Crippen molar-refractivity contribution in [1.82, 2.24) is 9.97 Å². The molecule has 0 saturated heterocycles. The van der Waals surface area contributed by atoms with Gasteiger partial charge in [0.15, 0.2) is 0 Å². The van der Waals surface area contributed by atoms with Gasteiger partial charge in [-0.2, -0.15) is 0 Å². The minimum atomic E-state index is -0.901. The first kappa shape index (κ1) is 10.9. The summed E-state index contributed by atoms with van der Waals surface area (Å²) >= 11 is 0. The molecule has 86 valence electrons. The minimum Gasteiger partial charge on any atom is -0.480 e. The number of carbonyl (C=O) groups is 1. The Hall–Kier alpha value is -1.65. The molecule has 0 aromatic carbocycles. The molecule has 5 nitrogen and oxygen atoms in total. The van der Waals surface area contributed by atoms with Gasteiger partial charge in [-0.25, -0.2) is 9.97 Å². The smallest absolute Gasteiger partial charge is 0.325 e. The van der Waals surface area contributed by atoms with E-state index in [1.807, 2.05) is 6.92 Å². The zero-order valence-corrected chi connectivity index (χ0v) is 9.45. The van der Waals surface area contributed by atoms with Gasteiger partial charge in [0.1, 0.15) is 6.04 Å². The van der Waals surface area contributed by atoms with Crippen molar-refractivity contribution in [3.8, 4) is 0 Å². The van der Waals surface area contributed by atoms with Crippen molar-refractivity contribution >= 4 is 11.9 Å². The van der Waals surface area contributed by atoms with Gasteiger partial charge in [0, 0.05) is 11.4 Å². The van der Waals surface area contributed by atoms with Gasteiger partial charge in [0.05, 0.1) is 0 Å². The minimum absolute atomic E-state index is 0.424. The lowest BCUT2D eigenvalue weighted by atomic mass is 10.2. The van der Waals surface area contributed by atoms with Crippen LogP contribution >= 0.6 is 0 Å². The number of aryl methyl sites for hydroxylation is 2. The third-order valence-electron chi connectivity index (χ3n) is 2.86. The number of nitrogens with one attached hydrogen (secondary N) is 1. The molecule has 1 aliphatic carbocycles. The Balaban J connectivity index is 2.23. The van der Waals surface area contributed by atoms with E-state index in [0.29, 0.717) is 5.95 Å². The Morgan fingerprint density at radius 3 is 2.88 bits per heavy atom. The molecule has 0 saturated carbocycles. The summed E-state index contributed by atoms with van der Waals surface area (Å²) in [5, 5.41) is 11.6. The van der Waals surface area contributed by atoms with Gasteiger partial charge in [-0.15, -0.1) is 0 Å². The van der Waals surface area contributed by atoms with E-state index < -0.39 is 12.0 Å². The number of rotatable bonds is 3. The van der Waals surface area contributed by atoms with Crippen LogP contribution in [0.5, 0.6) is 0 Å². The molecule has 0 amide bonds. The molecule has 0 aliphatic heterocycles. The standard InChI is InChI=1S/C11H15N3O2/c1-6-8-4-3-5-9(8)14-11(12-6)13-7(2)10(15)16/h7H,3-5H2,1-2H3,(H,15,16)(H,12,13,14). The Labute approximate surface area is 93.9 Å². The zero-order valence-electron chi connectivity index (χ0n) is 9.45. The van der Waals surface area contributed by atoms with E-state index in [1.165, 1.54) is 5.56 Å². The number of fused-ring (bicyclic) bond motifs is 1. The molecular weight excluding hydrogens is 206 g/mol. The zero-order chi connectivity index (χ0) is 11.7. The van der Waals surface area contributed by atoms with Crippen LogP contribution in [-0.4, -0.2) is 27.1 Å². The van der Waals surface area contributed by atoms with Crippen molar-refractivity contribution < 1.29 is 9.90 Å². The summed E-state index contributed by atoms with van der Waals surface area (Å²) in [6.07, 6.45) is 3.12. The topological polar surface area (TPSA) is 75.1 Å². The van der Waals surface area contributed by atoms with Gasteiger partial charge in [0.25, 0.3) is 0 Å². The highest BCUT2D eigenvalue weighted by atomic mass is 16.4. The number of carboxylic acids is 1. The summed E-state index contributed by atoms with van der Waals surface area (Å²) in [5.41, 5.74) is 3.25. The predicted molar refractivity (Wildman–Crippen MR) is 59.5 cm³/mol. The number of hydrogen-bond acceptors (Lipinski definition) is 4. The van der Waals surface area contributed by atoms with Gasteiger partial charge in [-0.1, -0.05) is 0 Å². The summed E-state index contributed by atoms with van der Waals surface area (Å²) in [6.45, 7) is 3.52. The highest BCUT2D eigenvalue weighted by Crippen LogP contribution is 2.23. The molecule has 0 radical (unpaired) electrons. The highest BCUT2D eigenvalue weighted by Gasteiger charge is 2.18. The highest BCUT2D eigenvalue weighted by molar-refractivity contribution is 5.75. The van der Waals surface area contributed by atoms with Crippen molar-refractivity contribution in [2.75, 3.05) is 5.32 Å². The van der Waals surface area contributed by atoms with Crippen LogP contribution in [0.4, 0.5) is 5.95 Å². The van der Waals surface area contributed by atoms with Crippen molar-refractivity contribution in [3.05, 3.63) is 17.0 Å². The average molecular weight is 221 g/mol. The molecule has 0 spiro atoms. The predicted octanol–water partition coefficient (Wildman–Crippen LogP) is 1.16. The lowest BCUT2D eigenvalue weighted by molar-refractivity contribution is -0.137. The number of anilines is 1. The number of aliphatic carboxylic acids is 1. The van der Waals surface area contributed by atoms with Crippen LogP contribution in [0.2, 0.25) is 0 Å². The lowest BCUT2D eigenvalue weighted by Gasteiger charge is -2.11. The quantitative estimate of drug-likeness (QED) is 0.801. The average Bonchev–Trinajstić information content (AvgIpc) is 2.65. The summed E-state index contributed by atoms with van der Waals surface area (Å²) < 4.78 is 0. The summed E-state index contributed by atoms with van der Waals surface area (Å²) in [6, 6.07) is -0.668. The summed E-state index contributed by atoms with van der Waals surface area (Å²) in [5.74, 6) is -0.477. The van der Waals surface area contributed by atoms with Crippen LogP contribution in [0.1, 0.15) is 30.3 Å². The first-order chi connectivity index (χ1) is 7.58. The van der Waals surface area contributed by atoms with Crippen LogP contribution in [-0.2, 0) is 17.6 Å². The number of carboxylic acid groups (broad SMARTS) is 1. The third-order valence-corrected chi connectivity index (χ3v) is 2.86. The molecule has 5 heteroatoms. The number of nitrogens with zero attached hydrogens (tertiary/aromatic N) is 2. The van der Waals surface area contributed by atoms with Crippen LogP contribution in [0.25, 0.3) is 0 Å². The van der Waals surface area contributed by atoms with Crippen molar-refractivity contribution in [3.63, 3.8) is 0 Å². The number of aromatic nitrogens is 2. The second-order valence-electron chi connectivity index (χ2n) is 4.12. The van der Waals surface area contributed by atoms with Crippen LogP contribution < -0.4 is 5.32 Å². The molecule has 0 bridgehead atoms. The molecule has 1 aliphatic rings. The van der Waals surface area contributed by atoms with Gasteiger partial charge >= 0.3 is 5.97 Å². The maximum Gasteiger partial charge on any atom is 0.325 e. The largest absolute Gasteiger partial charge is 0.480 e. The Morgan fingerprint density at radius 1 is 1.44 bits per heavy atom. The third kappa shape index (κ3) is 1.98. The fourth-order valence-electron chi connectivity index (χ4n) is 1.94. The van der Waals surface area contributed by atoms with Crippen LogP contribution in [0.3, 0.4) is 0 Å². The molecule has 16 heavy (non-hydrogen) atoms. The van der Waals surface area contributed by atoms with E-state index >= 15 is 0 Å². The summed E-state index contributed by atoms with van der Waals surface area (Å²) in [4.78, 5) is 19.3. The Kier molecular flexibility index (Phi) is 2.77. The summed E-state index contributed by atoms with van der Waals surface area (Å²) in [7, 11) is 0. The first-order valence-electron chi connectivity index (χ1n) is 5.43. The van der Waals surface area contributed by atoms with Gasteiger partial charge in [-0.3, -0.25) is 4.79 Å². The fraction of sp³-hybridized carbons (Fsp3) is 0.545. The lowest BCUT2D eigenvalue weighted by Crippen LogP contribution is -2.26. The molecule has 1 aromatic rings. The second kappa shape index (κ2) is 4.08. The molecular formula is C11H15N3O2. The maximum absolute atomic E-state index is 10.7. The normalized spacial score (nSPS) is 15.6. The monoisotopic (exact) mass is 221 g/mol. The Bertz CT molecular complexity index is 431. The molecule has 1 atom stereocenters. The van der Waals surface area contributed by atoms with Crippen LogP contribution in [0, 0.1) is 6.92 Å². The second-order valence-corrected chi connectivity index (χ2v) is 4.12.